The van der Waals surface area contributed by atoms with Crippen LogP contribution in [0.5, 0.6) is 5.75 Å². The van der Waals surface area contributed by atoms with Crippen molar-refractivity contribution in [3.63, 3.8) is 0 Å². The topological polar surface area (TPSA) is 58.1 Å². The Labute approximate surface area is 186 Å². The van der Waals surface area contributed by atoms with Crippen LogP contribution in [0.4, 0.5) is 5.69 Å². The largest absolute Gasteiger partial charge is 0.493 e. The Balaban J connectivity index is 0.00000280. The van der Waals surface area contributed by atoms with Gasteiger partial charge in [0.15, 0.2) is 5.96 Å². The number of aliphatic imine (C=N–C) groups is 1. The molecule has 1 saturated carbocycles. The molecule has 1 unspecified atom stereocenters. The minimum atomic E-state index is 0. The van der Waals surface area contributed by atoms with E-state index in [1.807, 2.05) is 24.3 Å². The van der Waals surface area contributed by atoms with Crippen LogP contribution in [0.15, 0.2) is 29.3 Å². The summed E-state index contributed by atoms with van der Waals surface area (Å²) in [5, 5.41) is 6.76. The quantitative estimate of drug-likeness (QED) is 0.222. The van der Waals surface area contributed by atoms with Gasteiger partial charge in [0.25, 0.3) is 0 Å². The van der Waals surface area contributed by atoms with E-state index in [1.165, 1.54) is 32.4 Å². The minimum absolute atomic E-state index is 0. The second kappa shape index (κ2) is 12.5. The SMILES string of the molecule is CCNC(=NCC1CCN(C2CC2)C1)Nc1cccc(OCCCOC)c1.I. The smallest absolute Gasteiger partial charge is 0.195 e. The fourth-order valence-electron chi connectivity index (χ4n) is 3.50. The lowest BCUT2D eigenvalue weighted by Crippen LogP contribution is -2.31. The molecule has 0 bridgehead atoms. The van der Waals surface area contributed by atoms with E-state index in [0.29, 0.717) is 19.1 Å². The molecule has 2 aliphatic rings. The number of nitrogens with one attached hydrogen (secondary N) is 2. The molecule has 3 rings (SSSR count). The highest BCUT2D eigenvalue weighted by atomic mass is 127. The lowest BCUT2D eigenvalue weighted by Gasteiger charge is -2.15. The number of rotatable bonds is 10. The number of hydrogen-bond donors (Lipinski definition) is 2. The van der Waals surface area contributed by atoms with Crippen LogP contribution in [0.1, 0.15) is 32.6 Å². The molecule has 1 aliphatic heterocycles. The molecule has 1 atom stereocenters. The molecule has 1 aromatic rings. The molecular formula is C21H35IN4O2. The first-order valence-electron chi connectivity index (χ1n) is 10.3. The normalized spacial score (nSPS) is 19.9. The van der Waals surface area contributed by atoms with E-state index >= 15 is 0 Å². The molecule has 2 N–H and O–H groups in total. The first kappa shape index (κ1) is 23.2. The summed E-state index contributed by atoms with van der Waals surface area (Å²) >= 11 is 0. The molecule has 1 heterocycles. The number of nitrogens with zero attached hydrogens (tertiary/aromatic N) is 2. The molecule has 0 radical (unpaired) electrons. The monoisotopic (exact) mass is 502 g/mol. The summed E-state index contributed by atoms with van der Waals surface area (Å²) in [5.41, 5.74) is 0.991. The summed E-state index contributed by atoms with van der Waals surface area (Å²) in [4.78, 5) is 7.48. The predicted octanol–water partition coefficient (Wildman–Crippen LogP) is 3.58. The van der Waals surface area contributed by atoms with Gasteiger partial charge in [-0.15, -0.1) is 24.0 Å². The Morgan fingerprint density at radius 1 is 1.25 bits per heavy atom. The van der Waals surface area contributed by atoms with Gasteiger partial charge in [-0.3, -0.25) is 4.99 Å². The van der Waals surface area contributed by atoms with Gasteiger partial charge in [0, 0.05) is 57.6 Å². The number of ether oxygens (including phenoxy) is 2. The number of likely N-dealkylation sites (tertiary alicyclic amines) is 1. The van der Waals surface area contributed by atoms with Crippen LogP contribution in [-0.2, 0) is 4.74 Å². The second-order valence-corrected chi connectivity index (χ2v) is 7.45. The molecule has 1 aromatic carbocycles. The highest BCUT2D eigenvalue weighted by Gasteiger charge is 2.34. The Bertz CT molecular complexity index is 610. The molecule has 158 valence electrons. The highest BCUT2D eigenvalue weighted by molar-refractivity contribution is 14.0. The van der Waals surface area contributed by atoms with Gasteiger partial charge in [0.1, 0.15) is 5.75 Å². The van der Waals surface area contributed by atoms with Crippen molar-refractivity contribution in [3.8, 4) is 5.75 Å². The lowest BCUT2D eigenvalue weighted by molar-refractivity contribution is 0.172. The Kier molecular flexibility index (Phi) is 10.4. The zero-order valence-electron chi connectivity index (χ0n) is 17.2. The van der Waals surface area contributed by atoms with E-state index in [9.17, 15) is 0 Å². The molecule has 1 saturated heterocycles. The number of hydrogen-bond acceptors (Lipinski definition) is 4. The van der Waals surface area contributed by atoms with Gasteiger partial charge in [-0.1, -0.05) is 6.07 Å². The Morgan fingerprint density at radius 3 is 2.86 bits per heavy atom. The molecule has 1 aliphatic carbocycles. The molecular weight excluding hydrogens is 467 g/mol. The zero-order chi connectivity index (χ0) is 18.9. The maximum atomic E-state index is 5.79. The predicted molar refractivity (Wildman–Crippen MR) is 126 cm³/mol. The van der Waals surface area contributed by atoms with E-state index in [0.717, 1.165) is 42.9 Å². The third kappa shape index (κ3) is 7.75. The summed E-state index contributed by atoms with van der Waals surface area (Å²) in [7, 11) is 1.71. The lowest BCUT2D eigenvalue weighted by atomic mass is 10.1. The van der Waals surface area contributed by atoms with E-state index in [-0.39, 0.29) is 24.0 Å². The van der Waals surface area contributed by atoms with Crippen LogP contribution in [-0.4, -0.2) is 63.4 Å². The average Bonchev–Trinajstić information content (AvgIpc) is 3.42. The summed E-state index contributed by atoms with van der Waals surface area (Å²) in [6.45, 7) is 7.65. The third-order valence-corrected chi connectivity index (χ3v) is 5.09. The van der Waals surface area contributed by atoms with E-state index in [2.05, 4.69) is 22.5 Å². The maximum Gasteiger partial charge on any atom is 0.195 e. The van der Waals surface area contributed by atoms with Crippen LogP contribution in [0.3, 0.4) is 0 Å². The van der Waals surface area contributed by atoms with E-state index in [4.69, 9.17) is 14.5 Å². The summed E-state index contributed by atoms with van der Waals surface area (Å²) in [5.74, 6) is 2.39. The first-order chi connectivity index (χ1) is 13.3. The number of halogens is 1. The van der Waals surface area contributed by atoms with Crippen LogP contribution in [0.2, 0.25) is 0 Å². The van der Waals surface area contributed by atoms with Crippen molar-refractivity contribution in [2.24, 2.45) is 10.9 Å². The fraction of sp³-hybridized carbons (Fsp3) is 0.667. The van der Waals surface area contributed by atoms with Crippen molar-refractivity contribution < 1.29 is 9.47 Å². The molecule has 2 fully saturated rings. The summed E-state index contributed by atoms with van der Waals surface area (Å²) in [6, 6.07) is 8.91. The van der Waals surface area contributed by atoms with Crippen molar-refractivity contribution in [1.82, 2.24) is 10.2 Å². The number of methoxy groups -OCH3 is 1. The van der Waals surface area contributed by atoms with Gasteiger partial charge >= 0.3 is 0 Å². The van der Waals surface area contributed by atoms with Crippen LogP contribution in [0, 0.1) is 5.92 Å². The number of guanidine groups is 1. The Hall–Kier alpha value is -1.06. The molecule has 28 heavy (non-hydrogen) atoms. The van der Waals surface area contributed by atoms with Gasteiger partial charge in [0.2, 0.25) is 0 Å². The first-order valence-corrected chi connectivity index (χ1v) is 10.3. The van der Waals surface area contributed by atoms with Crippen molar-refractivity contribution in [2.45, 2.75) is 38.6 Å². The highest BCUT2D eigenvalue weighted by Crippen LogP contribution is 2.31. The van der Waals surface area contributed by atoms with Gasteiger partial charge in [-0.2, -0.15) is 0 Å². The van der Waals surface area contributed by atoms with Crippen LogP contribution in [0.25, 0.3) is 0 Å². The van der Waals surface area contributed by atoms with Gasteiger partial charge < -0.3 is 25.0 Å². The zero-order valence-corrected chi connectivity index (χ0v) is 19.5. The standard InChI is InChI=1S/C21H34N4O2.HI/c1-3-22-21(23-15-17-10-11-25(16-17)19-8-9-19)24-18-6-4-7-20(14-18)27-13-5-12-26-2;/h4,6-7,14,17,19H,3,5,8-13,15-16H2,1-2H3,(H2,22,23,24);1H. The van der Waals surface area contributed by atoms with Crippen molar-refractivity contribution in [2.75, 3.05) is 51.8 Å². The van der Waals surface area contributed by atoms with Crippen LogP contribution < -0.4 is 15.4 Å². The van der Waals surface area contributed by atoms with Gasteiger partial charge in [-0.25, -0.2) is 0 Å². The van der Waals surface area contributed by atoms with Gasteiger partial charge in [0.05, 0.1) is 6.61 Å². The minimum Gasteiger partial charge on any atom is -0.493 e. The molecule has 0 amide bonds. The van der Waals surface area contributed by atoms with Crippen molar-refractivity contribution in [3.05, 3.63) is 24.3 Å². The summed E-state index contributed by atoms with van der Waals surface area (Å²) in [6.07, 6.45) is 4.94. The maximum absolute atomic E-state index is 5.79. The average molecular weight is 502 g/mol. The fourth-order valence-corrected chi connectivity index (χ4v) is 3.50. The van der Waals surface area contributed by atoms with Crippen molar-refractivity contribution >= 4 is 35.6 Å². The van der Waals surface area contributed by atoms with E-state index in [1.54, 1.807) is 7.11 Å². The molecule has 7 heteroatoms. The van der Waals surface area contributed by atoms with Crippen LogP contribution >= 0.6 is 24.0 Å². The molecule has 6 nitrogen and oxygen atoms in total. The Morgan fingerprint density at radius 2 is 2.11 bits per heavy atom. The van der Waals surface area contributed by atoms with E-state index < -0.39 is 0 Å². The third-order valence-electron chi connectivity index (χ3n) is 5.09. The molecule has 0 aromatic heterocycles. The van der Waals surface area contributed by atoms with Crippen molar-refractivity contribution in [1.29, 1.82) is 0 Å². The van der Waals surface area contributed by atoms with Gasteiger partial charge in [-0.05, 0) is 50.8 Å². The summed E-state index contributed by atoms with van der Waals surface area (Å²) < 4.78 is 10.8. The number of benzene rings is 1. The number of anilines is 1. The molecule has 0 spiro atoms. The second-order valence-electron chi connectivity index (χ2n) is 7.45.